The SMILES string of the molecule is CC(=O)ONc1c(C)cccc1C. The average molecular weight is 179 g/mol. The van der Waals surface area contributed by atoms with Crippen molar-refractivity contribution in [3.63, 3.8) is 0 Å². The maximum atomic E-state index is 10.6. The summed E-state index contributed by atoms with van der Waals surface area (Å²) in [5.41, 5.74) is 5.60. The Balaban J connectivity index is 2.81. The minimum absolute atomic E-state index is 0.345. The number of benzene rings is 1. The van der Waals surface area contributed by atoms with Gasteiger partial charge < -0.3 is 4.84 Å². The van der Waals surface area contributed by atoms with Crippen LogP contribution in [0.3, 0.4) is 0 Å². The Hall–Kier alpha value is -1.51. The van der Waals surface area contributed by atoms with Gasteiger partial charge in [0, 0.05) is 6.92 Å². The first-order chi connectivity index (χ1) is 6.11. The van der Waals surface area contributed by atoms with E-state index in [2.05, 4.69) is 5.48 Å². The normalized spacial score (nSPS) is 9.46. The van der Waals surface area contributed by atoms with E-state index in [-0.39, 0.29) is 5.97 Å². The monoisotopic (exact) mass is 179 g/mol. The summed E-state index contributed by atoms with van der Waals surface area (Å²) in [6.07, 6.45) is 0. The van der Waals surface area contributed by atoms with Gasteiger partial charge in [0.05, 0.1) is 5.69 Å². The van der Waals surface area contributed by atoms with Gasteiger partial charge in [0.1, 0.15) is 0 Å². The summed E-state index contributed by atoms with van der Waals surface area (Å²) in [6.45, 7) is 5.28. The molecule has 1 aromatic carbocycles. The molecule has 0 bridgehead atoms. The Labute approximate surface area is 77.7 Å². The average Bonchev–Trinajstić information content (AvgIpc) is 2.03. The Morgan fingerprint density at radius 3 is 2.31 bits per heavy atom. The van der Waals surface area contributed by atoms with Crippen molar-refractivity contribution in [1.29, 1.82) is 0 Å². The molecule has 0 unspecified atom stereocenters. The molecule has 0 saturated carbocycles. The molecule has 0 atom stereocenters. The third-order valence-corrected chi connectivity index (χ3v) is 1.78. The van der Waals surface area contributed by atoms with Gasteiger partial charge >= 0.3 is 5.97 Å². The molecular formula is C10H13NO2. The molecule has 0 amide bonds. The van der Waals surface area contributed by atoms with E-state index in [4.69, 9.17) is 4.84 Å². The van der Waals surface area contributed by atoms with Gasteiger partial charge in [-0.15, -0.1) is 0 Å². The largest absolute Gasteiger partial charge is 0.344 e. The number of anilines is 1. The Kier molecular flexibility index (Phi) is 2.90. The predicted molar refractivity (Wildman–Crippen MR) is 51.3 cm³/mol. The van der Waals surface area contributed by atoms with Crippen LogP contribution >= 0.6 is 0 Å². The number of carbonyl (C=O) groups is 1. The lowest BCUT2D eigenvalue weighted by atomic mass is 10.1. The van der Waals surface area contributed by atoms with Crippen molar-refractivity contribution in [1.82, 2.24) is 0 Å². The summed E-state index contributed by atoms with van der Waals surface area (Å²) in [4.78, 5) is 15.3. The zero-order chi connectivity index (χ0) is 9.84. The van der Waals surface area contributed by atoms with E-state index in [1.54, 1.807) is 0 Å². The Morgan fingerprint density at radius 1 is 1.31 bits per heavy atom. The fourth-order valence-corrected chi connectivity index (χ4v) is 1.10. The van der Waals surface area contributed by atoms with Gasteiger partial charge in [-0.25, -0.2) is 5.48 Å². The highest BCUT2D eigenvalue weighted by atomic mass is 16.7. The summed E-state index contributed by atoms with van der Waals surface area (Å²) < 4.78 is 0. The molecule has 1 N–H and O–H groups in total. The fraction of sp³-hybridized carbons (Fsp3) is 0.300. The van der Waals surface area contributed by atoms with Crippen LogP contribution in [-0.2, 0) is 9.63 Å². The number of aryl methyl sites for hydroxylation is 2. The molecule has 0 radical (unpaired) electrons. The molecule has 0 aliphatic heterocycles. The van der Waals surface area contributed by atoms with Crippen molar-refractivity contribution < 1.29 is 9.63 Å². The zero-order valence-corrected chi connectivity index (χ0v) is 8.05. The third kappa shape index (κ3) is 2.47. The van der Waals surface area contributed by atoms with Gasteiger partial charge in [0.2, 0.25) is 0 Å². The van der Waals surface area contributed by atoms with Crippen molar-refractivity contribution in [2.45, 2.75) is 20.8 Å². The van der Waals surface area contributed by atoms with Gasteiger partial charge in [0.25, 0.3) is 0 Å². The van der Waals surface area contributed by atoms with E-state index in [1.807, 2.05) is 32.0 Å². The second-order valence-corrected chi connectivity index (χ2v) is 2.96. The summed E-state index contributed by atoms with van der Waals surface area (Å²) >= 11 is 0. The molecule has 0 aromatic heterocycles. The van der Waals surface area contributed by atoms with Gasteiger partial charge in [0.15, 0.2) is 0 Å². The zero-order valence-electron chi connectivity index (χ0n) is 8.05. The molecule has 0 aliphatic carbocycles. The molecule has 3 heteroatoms. The Bertz CT molecular complexity index is 300. The second kappa shape index (κ2) is 3.94. The number of carbonyl (C=O) groups excluding carboxylic acids is 1. The molecule has 1 aromatic rings. The first kappa shape index (κ1) is 9.58. The highest BCUT2D eigenvalue weighted by molar-refractivity contribution is 5.68. The third-order valence-electron chi connectivity index (χ3n) is 1.78. The molecule has 0 heterocycles. The highest BCUT2D eigenvalue weighted by Gasteiger charge is 2.01. The fourth-order valence-electron chi connectivity index (χ4n) is 1.10. The van der Waals surface area contributed by atoms with Gasteiger partial charge in [-0.2, -0.15) is 0 Å². The summed E-state index contributed by atoms with van der Waals surface area (Å²) in [5.74, 6) is -0.345. The molecule has 3 nitrogen and oxygen atoms in total. The van der Waals surface area contributed by atoms with E-state index in [1.165, 1.54) is 6.92 Å². The van der Waals surface area contributed by atoms with Crippen molar-refractivity contribution in [2.24, 2.45) is 0 Å². The predicted octanol–water partition coefficient (Wildman–Crippen LogP) is 2.19. The summed E-state index contributed by atoms with van der Waals surface area (Å²) in [7, 11) is 0. The van der Waals surface area contributed by atoms with E-state index < -0.39 is 0 Å². The number of para-hydroxylation sites is 1. The molecule has 0 spiro atoms. The first-order valence-electron chi connectivity index (χ1n) is 4.11. The Morgan fingerprint density at radius 2 is 1.85 bits per heavy atom. The van der Waals surface area contributed by atoms with Gasteiger partial charge in [-0.1, -0.05) is 18.2 Å². The number of nitrogens with one attached hydrogen (secondary N) is 1. The van der Waals surface area contributed by atoms with Crippen molar-refractivity contribution in [3.8, 4) is 0 Å². The minimum atomic E-state index is -0.345. The maximum absolute atomic E-state index is 10.6. The number of rotatable bonds is 2. The van der Waals surface area contributed by atoms with Crippen LogP contribution in [0, 0.1) is 13.8 Å². The van der Waals surface area contributed by atoms with E-state index in [0.717, 1.165) is 16.8 Å². The van der Waals surface area contributed by atoms with Crippen molar-refractivity contribution in [3.05, 3.63) is 29.3 Å². The maximum Gasteiger partial charge on any atom is 0.329 e. The molecule has 70 valence electrons. The van der Waals surface area contributed by atoms with Crippen LogP contribution in [0.15, 0.2) is 18.2 Å². The topological polar surface area (TPSA) is 38.3 Å². The lowest BCUT2D eigenvalue weighted by Crippen LogP contribution is -2.08. The van der Waals surface area contributed by atoms with E-state index in [9.17, 15) is 4.79 Å². The van der Waals surface area contributed by atoms with Crippen LogP contribution in [0.5, 0.6) is 0 Å². The van der Waals surface area contributed by atoms with E-state index >= 15 is 0 Å². The minimum Gasteiger partial charge on any atom is -0.344 e. The standard InChI is InChI=1S/C10H13NO2/c1-7-5-4-6-8(2)10(7)11-13-9(3)12/h4-6,11H,1-3H3. The number of hydrogen-bond donors (Lipinski definition) is 1. The summed E-state index contributed by atoms with van der Waals surface area (Å²) in [5, 5.41) is 0. The molecule has 0 saturated heterocycles. The second-order valence-electron chi connectivity index (χ2n) is 2.96. The van der Waals surface area contributed by atoms with Crippen LogP contribution in [-0.4, -0.2) is 5.97 Å². The molecule has 0 aliphatic rings. The van der Waals surface area contributed by atoms with Gasteiger partial charge in [-0.05, 0) is 25.0 Å². The molecule has 1 rings (SSSR count). The van der Waals surface area contributed by atoms with Crippen LogP contribution in [0.4, 0.5) is 5.69 Å². The quantitative estimate of drug-likeness (QED) is 0.707. The van der Waals surface area contributed by atoms with Crippen LogP contribution in [0.25, 0.3) is 0 Å². The van der Waals surface area contributed by atoms with Crippen LogP contribution in [0.1, 0.15) is 18.1 Å². The van der Waals surface area contributed by atoms with Crippen LogP contribution < -0.4 is 5.48 Å². The number of hydrogen-bond acceptors (Lipinski definition) is 3. The van der Waals surface area contributed by atoms with Crippen molar-refractivity contribution >= 4 is 11.7 Å². The lowest BCUT2D eigenvalue weighted by Gasteiger charge is -2.10. The van der Waals surface area contributed by atoms with Crippen molar-refractivity contribution in [2.75, 3.05) is 5.48 Å². The molecule has 0 fully saturated rings. The molecular weight excluding hydrogens is 166 g/mol. The lowest BCUT2D eigenvalue weighted by molar-refractivity contribution is -0.138. The molecule has 13 heavy (non-hydrogen) atoms. The summed E-state index contributed by atoms with van der Waals surface area (Å²) in [6, 6.07) is 5.88. The first-order valence-corrected chi connectivity index (χ1v) is 4.11. The smallest absolute Gasteiger partial charge is 0.329 e. The van der Waals surface area contributed by atoms with Crippen LogP contribution in [0.2, 0.25) is 0 Å². The highest BCUT2D eigenvalue weighted by Crippen LogP contribution is 2.18. The van der Waals surface area contributed by atoms with Gasteiger partial charge in [-0.3, -0.25) is 4.79 Å². The van der Waals surface area contributed by atoms with E-state index in [0.29, 0.717) is 0 Å².